The molecule has 0 aliphatic heterocycles. The lowest BCUT2D eigenvalue weighted by atomic mass is 9.89. The molecule has 0 aliphatic carbocycles. The van der Waals surface area contributed by atoms with E-state index in [1.54, 1.807) is 0 Å². The topological polar surface area (TPSA) is 69.8 Å². The molecule has 0 unspecified atom stereocenters. The molecule has 2 aromatic rings. The summed E-state index contributed by atoms with van der Waals surface area (Å²) in [5.41, 5.74) is 4.29. The van der Waals surface area contributed by atoms with E-state index in [0.717, 1.165) is 38.0 Å². The largest absolute Gasteiger partial charge is 0.352 e. The van der Waals surface area contributed by atoms with Crippen LogP contribution in [0.3, 0.4) is 0 Å². The highest BCUT2D eigenvalue weighted by Crippen LogP contribution is 2.23. The zero-order valence-electron chi connectivity index (χ0n) is 15.8. The SMILES string of the molecule is CCCCNC(=O)c1ccc(CNCc2cn[nH]c2C(C)(C)C)cc1. The molecule has 1 amide bonds. The maximum Gasteiger partial charge on any atom is 0.251 e. The maximum atomic E-state index is 12.0. The summed E-state index contributed by atoms with van der Waals surface area (Å²) in [7, 11) is 0. The fourth-order valence-electron chi connectivity index (χ4n) is 2.69. The van der Waals surface area contributed by atoms with Crippen LogP contribution in [0, 0.1) is 0 Å². The van der Waals surface area contributed by atoms with Gasteiger partial charge in [0.1, 0.15) is 0 Å². The van der Waals surface area contributed by atoms with Gasteiger partial charge in [0.2, 0.25) is 0 Å². The number of carbonyl (C=O) groups excluding carboxylic acids is 1. The first-order chi connectivity index (χ1) is 11.9. The number of H-pyrrole nitrogens is 1. The molecule has 136 valence electrons. The van der Waals surface area contributed by atoms with E-state index in [-0.39, 0.29) is 11.3 Å². The van der Waals surface area contributed by atoms with Crippen LogP contribution in [0.2, 0.25) is 0 Å². The minimum atomic E-state index is 0.00109. The molecule has 5 nitrogen and oxygen atoms in total. The van der Waals surface area contributed by atoms with Gasteiger partial charge in [-0.05, 0) is 24.1 Å². The molecule has 2 rings (SSSR count). The van der Waals surface area contributed by atoms with Crippen molar-refractivity contribution in [2.75, 3.05) is 6.54 Å². The van der Waals surface area contributed by atoms with E-state index < -0.39 is 0 Å². The van der Waals surface area contributed by atoms with Gasteiger partial charge < -0.3 is 10.6 Å². The first-order valence-corrected chi connectivity index (χ1v) is 9.02. The Morgan fingerprint density at radius 3 is 2.52 bits per heavy atom. The van der Waals surface area contributed by atoms with Crippen molar-refractivity contribution in [3.05, 3.63) is 52.8 Å². The molecule has 3 N–H and O–H groups in total. The van der Waals surface area contributed by atoms with Gasteiger partial charge in [-0.1, -0.05) is 46.2 Å². The normalized spacial score (nSPS) is 11.5. The van der Waals surface area contributed by atoms with Crippen LogP contribution in [0.1, 0.15) is 67.7 Å². The van der Waals surface area contributed by atoms with Crippen LogP contribution in [0.25, 0.3) is 0 Å². The molecule has 0 saturated carbocycles. The molecule has 0 fully saturated rings. The molecular weight excluding hydrogens is 312 g/mol. The Labute approximate surface area is 150 Å². The third-order valence-corrected chi connectivity index (χ3v) is 4.14. The molecule has 0 atom stereocenters. The first kappa shape index (κ1) is 19.2. The third-order valence-electron chi connectivity index (χ3n) is 4.14. The predicted molar refractivity (Wildman–Crippen MR) is 102 cm³/mol. The van der Waals surface area contributed by atoms with E-state index in [1.165, 1.54) is 11.3 Å². The number of benzene rings is 1. The highest BCUT2D eigenvalue weighted by Gasteiger charge is 2.19. The molecule has 1 aromatic carbocycles. The van der Waals surface area contributed by atoms with Crippen molar-refractivity contribution in [1.82, 2.24) is 20.8 Å². The lowest BCUT2D eigenvalue weighted by Crippen LogP contribution is -2.24. The number of hydrogen-bond donors (Lipinski definition) is 3. The second kappa shape index (κ2) is 8.81. The Kier molecular flexibility index (Phi) is 6.76. The van der Waals surface area contributed by atoms with Gasteiger partial charge in [0.15, 0.2) is 0 Å². The number of nitrogens with zero attached hydrogens (tertiary/aromatic N) is 1. The summed E-state index contributed by atoms with van der Waals surface area (Å²) in [6.07, 6.45) is 3.98. The quantitative estimate of drug-likeness (QED) is 0.643. The number of amides is 1. The Morgan fingerprint density at radius 1 is 1.16 bits per heavy atom. The second-order valence-corrected chi connectivity index (χ2v) is 7.43. The number of rotatable bonds is 8. The number of carbonyl (C=O) groups is 1. The van der Waals surface area contributed by atoms with Crippen molar-refractivity contribution in [2.24, 2.45) is 0 Å². The Hall–Kier alpha value is -2.14. The van der Waals surface area contributed by atoms with Crippen LogP contribution in [-0.2, 0) is 18.5 Å². The Morgan fingerprint density at radius 2 is 1.88 bits per heavy atom. The molecule has 1 aromatic heterocycles. The number of unbranched alkanes of at least 4 members (excludes halogenated alkanes) is 1. The average molecular weight is 342 g/mol. The summed E-state index contributed by atoms with van der Waals surface area (Å²) < 4.78 is 0. The van der Waals surface area contributed by atoms with Gasteiger partial charge >= 0.3 is 0 Å². The lowest BCUT2D eigenvalue weighted by molar-refractivity contribution is 0.0953. The van der Waals surface area contributed by atoms with E-state index in [2.05, 4.69) is 48.5 Å². The van der Waals surface area contributed by atoms with Gasteiger partial charge in [0, 0.05) is 41.9 Å². The van der Waals surface area contributed by atoms with Gasteiger partial charge in [0.25, 0.3) is 5.91 Å². The fraction of sp³-hybridized carbons (Fsp3) is 0.500. The van der Waals surface area contributed by atoms with Crippen LogP contribution < -0.4 is 10.6 Å². The number of nitrogens with one attached hydrogen (secondary N) is 3. The summed E-state index contributed by atoms with van der Waals surface area (Å²) in [6, 6.07) is 7.77. The zero-order chi connectivity index (χ0) is 18.3. The van der Waals surface area contributed by atoms with Crippen molar-refractivity contribution in [1.29, 1.82) is 0 Å². The Bertz CT molecular complexity index is 668. The van der Waals surface area contributed by atoms with Crippen molar-refractivity contribution in [2.45, 2.75) is 59.0 Å². The lowest BCUT2D eigenvalue weighted by Gasteiger charge is -2.18. The van der Waals surface area contributed by atoms with Gasteiger partial charge in [-0.2, -0.15) is 5.10 Å². The van der Waals surface area contributed by atoms with Crippen molar-refractivity contribution in [3.63, 3.8) is 0 Å². The van der Waals surface area contributed by atoms with E-state index in [4.69, 9.17) is 0 Å². The predicted octanol–water partition coefficient (Wildman–Crippen LogP) is 3.53. The average Bonchev–Trinajstić information content (AvgIpc) is 3.04. The molecule has 1 heterocycles. The zero-order valence-corrected chi connectivity index (χ0v) is 15.8. The molecule has 25 heavy (non-hydrogen) atoms. The van der Waals surface area contributed by atoms with Crippen LogP contribution in [0.5, 0.6) is 0 Å². The highest BCUT2D eigenvalue weighted by molar-refractivity contribution is 5.94. The summed E-state index contributed by atoms with van der Waals surface area (Å²) in [5.74, 6) is 0.00109. The second-order valence-electron chi connectivity index (χ2n) is 7.43. The smallest absolute Gasteiger partial charge is 0.251 e. The first-order valence-electron chi connectivity index (χ1n) is 9.02. The van der Waals surface area contributed by atoms with Gasteiger partial charge in [-0.15, -0.1) is 0 Å². The standard InChI is InChI=1S/C20H30N4O/c1-5-6-11-22-19(25)16-9-7-15(8-10-16)12-21-13-17-14-23-24-18(17)20(2,3)4/h7-10,14,21H,5-6,11-13H2,1-4H3,(H,22,25)(H,23,24). The van der Waals surface area contributed by atoms with Crippen LogP contribution in [-0.4, -0.2) is 22.6 Å². The van der Waals surface area contributed by atoms with Crippen LogP contribution in [0.15, 0.2) is 30.5 Å². The summed E-state index contributed by atoms with van der Waals surface area (Å²) in [6.45, 7) is 10.9. The van der Waals surface area contributed by atoms with E-state index in [1.807, 2.05) is 30.5 Å². The van der Waals surface area contributed by atoms with Crippen molar-refractivity contribution >= 4 is 5.91 Å². The highest BCUT2D eigenvalue weighted by atomic mass is 16.1. The summed E-state index contributed by atoms with van der Waals surface area (Å²) in [5, 5.41) is 13.7. The van der Waals surface area contributed by atoms with Gasteiger partial charge in [-0.3, -0.25) is 9.89 Å². The van der Waals surface area contributed by atoms with Crippen molar-refractivity contribution in [3.8, 4) is 0 Å². The molecule has 0 radical (unpaired) electrons. The summed E-state index contributed by atoms with van der Waals surface area (Å²) >= 11 is 0. The van der Waals surface area contributed by atoms with E-state index in [9.17, 15) is 4.79 Å². The van der Waals surface area contributed by atoms with Gasteiger partial charge in [-0.25, -0.2) is 0 Å². The molecule has 0 spiro atoms. The molecule has 5 heteroatoms. The fourth-order valence-corrected chi connectivity index (χ4v) is 2.69. The molecular formula is C20H30N4O. The van der Waals surface area contributed by atoms with Crippen LogP contribution in [0.4, 0.5) is 0 Å². The Balaban J connectivity index is 1.84. The third kappa shape index (κ3) is 5.71. The van der Waals surface area contributed by atoms with Gasteiger partial charge in [0.05, 0.1) is 6.20 Å². The molecule has 0 aliphatic rings. The maximum absolute atomic E-state index is 12.0. The minimum Gasteiger partial charge on any atom is -0.352 e. The molecule has 0 saturated heterocycles. The monoisotopic (exact) mass is 342 g/mol. The van der Waals surface area contributed by atoms with E-state index >= 15 is 0 Å². The summed E-state index contributed by atoms with van der Waals surface area (Å²) in [4.78, 5) is 12.0. The van der Waals surface area contributed by atoms with E-state index in [0.29, 0.717) is 5.56 Å². The number of hydrogen-bond acceptors (Lipinski definition) is 3. The minimum absolute atomic E-state index is 0.00109. The molecule has 0 bridgehead atoms. The number of aromatic nitrogens is 2. The number of aromatic amines is 1. The van der Waals surface area contributed by atoms with Crippen LogP contribution >= 0.6 is 0 Å². The van der Waals surface area contributed by atoms with Crippen molar-refractivity contribution < 1.29 is 4.79 Å².